The lowest BCUT2D eigenvalue weighted by atomic mass is 10.3. The van der Waals surface area contributed by atoms with Gasteiger partial charge in [0.1, 0.15) is 11.4 Å². The summed E-state index contributed by atoms with van der Waals surface area (Å²) >= 11 is 2.47. The Bertz CT molecular complexity index is 719. The molecule has 23 heavy (non-hydrogen) atoms. The van der Waals surface area contributed by atoms with Crippen LogP contribution in [0.5, 0.6) is 0 Å². The van der Waals surface area contributed by atoms with Crippen molar-refractivity contribution in [2.24, 2.45) is 0 Å². The van der Waals surface area contributed by atoms with Gasteiger partial charge in [-0.3, -0.25) is 4.79 Å². The molecule has 2 heterocycles. The van der Waals surface area contributed by atoms with Gasteiger partial charge in [0.15, 0.2) is 10.3 Å². The Balaban J connectivity index is 1.91. The van der Waals surface area contributed by atoms with E-state index in [9.17, 15) is 9.59 Å². The lowest BCUT2D eigenvalue weighted by Crippen LogP contribution is -2.15. The van der Waals surface area contributed by atoms with E-state index in [1.807, 2.05) is 12.3 Å². The number of nitrogens with zero attached hydrogens (tertiary/aromatic N) is 3. The van der Waals surface area contributed by atoms with Crippen molar-refractivity contribution in [3.63, 3.8) is 0 Å². The summed E-state index contributed by atoms with van der Waals surface area (Å²) in [6.07, 6.45) is 1.30. The lowest BCUT2D eigenvalue weighted by Gasteiger charge is -2.06. The monoisotopic (exact) mass is 353 g/mol. The molecule has 0 aliphatic carbocycles. The number of nitrogen functional groups attached to an aromatic ring is 1. The number of carbonyl (C=O) groups excluding carboxylic acids is 2. The van der Waals surface area contributed by atoms with Crippen LogP contribution in [0.2, 0.25) is 0 Å². The highest BCUT2D eigenvalue weighted by molar-refractivity contribution is 7.99. The molecule has 0 aliphatic heterocycles. The van der Waals surface area contributed by atoms with Crippen molar-refractivity contribution < 1.29 is 14.3 Å². The summed E-state index contributed by atoms with van der Waals surface area (Å²) in [5.41, 5.74) is 6.67. The molecule has 2 aromatic rings. The van der Waals surface area contributed by atoms with Crippen molar-refractivity contribution in [3.05, 3.63) is 22.8 Å². The summed E-state index contributed by atoms with van der Waals surface area (Å²) in [6.45, 7) is 3.79. The SMILES string of the molecule is CCOC(=O)c1cnc(SCC(=O)Nc2nc(C)cs2)nc1N. The van der Waals surface area contributed by atoms with E-state index in [2.05, 4.69) is 20.3 Å². The summed E-state index contributed by atoms with van der Waals surface area (Å²) in [5, 5.41) is 5.38. The third-order valence-electron chi connectivity index (χ3n) is 2.49. The number of nitrogens with one attached hydrogen (secondary N) is 1. The second kappa shape index (κ2) is 7.88. The molecule has 3 N–H and O–H groups in total. The van der Waals surface area contributed by atoms with Crippen LogP contribution >= 0.6 is 23.1 Å². The maximum absolute atomic E-state index is 11.8. The first-order valence-corrected chi connectivity index (χ1v) is 8.50. The van der Waals surface area contributed by atoms with Crippen molar-refractivity contribution in [3.8, 4) is 0 Å². The fourth-order valence-corrected chi connectivity index (χ4v) is 2.84. The van der Waals surface area contributed by atoms with Crippen molar-refractivity contribution >= 4 is 45.9 Å². The number of ether oxygens (including phenoxy) is 1. The second-order valence-electron chi connectivity index (χ2n) is 4.30. The standard InChI is InChI=1S/C13H15N5O3S2/c1-3-21-11(20)8-4-15-12(18-10(8)14)23-6-9(19)17-13-16-7(2)5-22-13/h4-5H,3,6H2,1-2H3,(H2,14,15,18)(H,16,17,19). The Hall–Kier alpha value is -2.20. The highest BCUT2D eigenvalue weighted by Gasteiger charge is 2.14. The molecule has 0 unspecified atom stereocenters. The number of aryl methyl sites for hydroxylation is 1. The molecule has 0 aliphatic rings. The summed E-state index contributed by atoms with van der Waals surface area (Å²) in [7, 11) is 0. The molecular formula is C13H15N5O3S2. The minimum absolute atomic E-state index is 0.0249. The largest absolute Gasteiger partial charge is 0.462 e. The zero-order chi connectivity index (χ0) is 16.8. The van der Waals surface area contributed by atoms with E-state index in [4.69, 9.17) is 10.5 Å². The zero-order valence-corrected chi connectivity index (χ0v) is 14.2. The molecule has 122 valence electrons. The number of anilines is 2. The predicted octanol–water partition coefficient (Wildman–Crippen LogP) is 1.73. The normalized spacial score (nSPS) is 10.3. The van der Waals surface area contributed by atoms with Gasteiger partial charge >= 0.3 is 5.97 Å². The molecule has 0 radical (unpaired) electrons. The maximum atomic E-state index is 11.8. The third-order valence-corrected chi connectivity index (χ3v) is 4.23. The molecule has 0 fully saturated rings. The first-order chi connectivity index (χ1) is 11.0. The van der Waals surface area contributed by atoms with E-state index in [1.165, 1.54) is 17.5 Å². The number of rotatable bonds is 6. The summed E-state index contributed by atoms with van der Waals surface area (Å²) in [6, 6.07) is 0. The minimum atomic E-state index is -0.571. The summed E-state index contributed by atoms with van der Waals surface area (Å²) < 4.78 is 4.84. The van der Waals surface area contributed by atoms with Gasteiger partial charge in [0.05, 0.1) is 18.1 Å². The average molecular weight is 353 g/mol. The molecule has 0 saturated carbocycles. The van der Waals surface area contributed by atoms with Gasteiger partial charge in [-0.05, 0) is 13.8 Å². The smallest absolute Gasteiger partial charge is 0.343 e. The first kappa shape index (κ1) is 17.2. The molecule has 0 atom stereocenters. The molecule has 8 nitrogen and oxygen atoms in total. The molecule has 0 saturated heterocycles. The van der Waals surface area contributed by atoms with Gasteiger partial charge in [-0.25, -0.2) is 19.7 Å². The second-order valence-corrected chi connectivity index (χ2v) is 6.10. The zero-order valence-electron chi connectivity index (χ0n) is 12.5. The van der Waals surface area contributed by atoms with Gasteiger partial charge < -0.3 is 15.8 Å². The van der Waals surface area contributed by atoms with Crippen LogP contribution < -0.4 is 11.1 Å². The van der Waals surface area contributed by atoms with E-state index in [0.29, 0.717) is 10.3 Å². The number of esters is 1. The quantitative estimate of drug-likeness (QED) is 0.458. The number of hydrogen-bond donors (Lipinski definition) is 2. The van der Waals surface area contributed by atoms with Gasteiger partial charge in [0, 0.05) is 11.6 Å². The fraction of sp³-hybridized carbons (Fsp3) is 0.308. The van der Waals surface area contributed by atoms with E-state index >= 15 is 0 Å². The highest BCUT2D eigenvalue weighted by atomic mass is 32.2. The Kier molecular flexibility index (Phi) is 5.88. The molecule has 2 rings (SSSR count). The number of amides is 1. The highest BCUT2D eigenvalue weighted by Crippen LogP contribution is 2.19. The number of aromatic nitrogens is 3. The number of carbonyl (C=O) groups is 2. The van der Waals surface area contributed by atoms with Gasteiger partial charge in [-0.2, -0.15) is 0 Å². The van der Waals surface area contributed by atoms with E-state index < -0.39 is 5.97 Å². The van der Waals surface area contributed by atoms with Gasteiger partial charge in [0.2, 0.25) is 5.91 Å². The molecular weight excluding hydrogens is 338 g/mol. The van der Waals surface area contributed by atoms with Gasteiger partial charge in [-0.15, -0.1) is 11.3 Å². The molecule has 2 aromatic heterocycles. The molecule has 0 bridgehead atoms. The van der Waals surface area contributed by atoms with Crippen LogP contribution in [0.1, 0.15) is 23.0 Å². The van der Waals surface area contributed by atoms with Crippen LogP contribution in [0.15, 0.2) is 16.7 Å². The Morgan fingerprint density at radius 1 is 1.43 bits per heavy atom. The van der Waals surface area contributed by atoms with Crippen LogP contribution in [-0.4, -0.2) is 39.2 Å². The number of nitrogens with two attached hydrogens (primary N) is 1. The first-order valence-electron chi connectivity index (χ1n) is 6.64. The van der Waals surface area contributed by atoms with E-state index in [0.717, 1.165) is 17.5 Å². The minimum Gasteiger partial charge on any atom is -0.462 e. The molecule has 1 amide bonds. The van der Waals surface area contributed by atoms with Crippen LogP contribution in [-0.2, 0) is 9.53 Å². The Morgan fingerprint density at radius 3 is 2.83 bits per heavy atom. The Morgan fingerprint density at radius 2 is 2.22 bits per heavy atom. The summed E-state index contributed by atoms with van der Waals surface area (Å²) in [5.74, 6) is -0.659. The van der Waals surface area contributed by atoms with Crippen molar-refractivity contribution in [2.45, 2.75) is 19.0 Å². The van der Waals surface area contributed by atoms with Gasteiger partial charge in [-0.1, -0.05) is 11.8 Å². The van der Waals surface area contributed by atoms with E-state index in [-0.39, 0.29) is 29.6 Å². The number of thioether (sulfide) groups is 1. The van der Waals surface area contributed by atoms with E-state index in [1.54, 1.807) is 6.92 Å². The average Bonchev–Trinajstić information content (AvgIpc) is 2.90. The molecule has 0 spiro atoms. The van der Waals surface area contributed by atoms with Crippen molar-refractivity contribution in [1.29, 1.82) is 0 Å². The molecule has 0 aromatic carbocycles. The predicted molar refractivity (Wildman–Crippen MR) is 88.6 cm³/mol. The maximum Gasteiger partial charge on any atom is 0.343 e. The van der Waals surface area contributed by atoms with Crippen molar-refractivity contribution in [2.75, 3.05) is 23.4 Å². The number of hydrogen-bond acceptors (Lipinski definition) is 9. The van der Waals surface area contributed by atoms with Crippen LogP contribution in [0.4, 0.5) is 10.9 Å². The van der Waals surface area contributed by atoms with Crippen LogP contribution in [0, 0.1) is 6.92 Å². The topological polar surface area (TPSA) is 120 Å². The fourth-order valence-electron chi connectivity index (χ4n) is 1.51. The molecule has 10 heteroatoms. The van der Waals surface area contributed by atoms with Crippen molar-refractivity contribution in [1.82, 2.24) is 15.0 Å². The third kappa shape index (κ3) is 4.89. The summed E-state index contributed by atoms with van der Waals surface area (Å²) in [4.78, 5) is 35.5. The number of thiazole rings is 1. The Labute approximate surface area is 140 Å². The van der Waals surface area contributed by atoms with Crippen LogP contribution in [0.3, 0.4) is 0 Å². The van der Waals surface area contributed by atoms with Crippen LogP contribution in [0.25, 0.3) is 0 Å². The van der Waals surface area contributed by atoms with Gasteiger partial charge in [0.25, 0.3) is 0 Å². The lowest BCUT2D eigenvalue weighted by molar-refractivity contribution is -0.113.